The van der Waals surface area contributed by atoms with E-state index in [4.69, 9.17) is 12.8 Å². The van der Waals surface area contributed by atoms with Crippen molar-refractivity contribution in [3.63, 3.8) is 0 Å². The number of aliphatic hydroxyl groups is 3. The van der Waals surface area contributed by atoms with Crippen LogP contribution in [0.15, 0.2) is 214 Å². The molecule has 0 fully saturated rings. The number of hydrogen-bond donors (Lipinski definition) is 3. The third-order valence-corrected chi connectivity index (χ3v) is 14.8. The van der Waals surface area contributed by atoms with E-state index in [1.165, 1.54) is 0 Å². The van der Waals surface area contributed by atoms with E-state index in [9.17, 15) is 29.7 Å². The Bertz CT molecular complexity index is 4230. The normalized spacial score (nSPS) is 12.2. The van der Waals surface area contributed by atoms with Crippen LogP contribution in [-0.2, 0) is 14.4 Å². The number of halogens is 3. The molecule has 1 atom stereocenters. The van der Waals surface area contributed by atoms with Crippen LogP contribution in [-0.4, -0.2) is 53.5 Å². The van der Waals surface area contributed by atoms with Gasteiger partial charge in [-0.3, -0.25) is 14.4 Å². The lowest BCUT2D eigenvalue weighted by Crippen LogP contribution is -2.06. The third kappa shape index (κ3) is 51.1. The summed E-state index contributed by atoms with van der Waals surface area (Å²) < 4.78 is 6.26. The number of unbranched alkanes of at least 4 members (excludes halogenated alkanes) is 12. The Balaban J connectivity index is 0.000000423. The van der Waals surface area contributed by atoms with Gasteiger partial charge in [0.2, 0.25) is 0 Å². The predicted molar refractivity (Wildman–Crippen MR) is 454 cm³/mol. The fourth-order valence-electron chi connectivity index (χ4n) is 8.40. The van der Waals surface area contributed by atoms with Gasteiger partial charge < -0.3 is 15.3 Å². The van der Waals surface area contributed by atoms with Crippen molar-refractivity contribution in [2.45, 2.75) is 135 Å². The minimum Gasteiger partial charge on any atom is -0.391 e. The van der Waals surface area contributed by atoms with Crippen molar-refractivity contribution in [3.05, 3.63) is 248 Å². The van der Waals surface area contributed by atoms with Crippen LogP contribution in [0.5, 0.6) is 0 Å². The molecule has 522 valence electrons. The predicted octanol–water partition coefficient (Wildman–Crippen LogP) is 20.6. The highest BCUT2D eigenvalue weighted by molar-refractivity contribution is 14.1. The van der Waals surface area contributed by atoms with Crippen molar-refractivity contribution < 1.29 is 29.7 Å². The molecule has 0 aromatic heterocycles. The molecule has 7 rings (SSSR count). The Labute approximate surface area is 651 Å². The van der Waals surface area contributed by atoms with Gasteiger partial charge in [-0.2, -0.15) is 0 Å². The van der Waals surface area contributed by atoms with Gasteiger partial charge >= 0.3 is 0 Å². The van der Waals surface area contributed by atoms with Crippen molar-refractivity contribution in [2.75, 3.05) is 13.2 Å². The van der Waals surface area contributed by atoms with Gasteiger partial charge in [-0.1, -0.05) is 259 Å². The maximum Gasteiger partial charge on any atom is 0.158 e. The van der Waals surface area contributed by atoms with E-state index in [1.54, 1.807) is 12.2 Å². The van der Waals surface area contributed by atoms with E-state index in [-0.39, 0.29) is 13.2 Å². The van der Waals surface area contributed by atoms with Gasteiger partial charge in [0, 0.05) is 126 Å². The second kappa shape index (κ2) is 65.5. The van der Waals surface area contributed by atoms with Crippen molar-refractivity contribution in [3.8, 4) is 115 Å². The Hall–Kier alpha value is -9.81. The number of carbonyl (C=O) groups excluding carboxylic acids is 3. The monoisotopic (exact) mass is 1650 g/mol. The molecule has 1 unspecified atom stereocenters. The highest BCUT2D eigenvalue weighted by Crippen LogP contribution is 2.14. The highest BCUT2D eigenvalue weighted by Gasteiger charge is 2.06. The molecular formula is C94H89BrI2O6. The maximum absolute atomic E-state index is 10.9. The topological polar surface area (TPSA) is 112 Å². The molecule has 0 saturated heterocycles. The number of hydrogen-bond acceptors (Lipinski definition) is 6. The zero-order valence-corrected chi connectivity index (χ0v) is 64.4. The summed E-state index contributed by atoms with van der Waals surface area (Å²) in [4.78, 5) is 32.0. The molecule has 0 heterocycles. The lowest BCUT2D eigenvalue weighted by molar-refractivity contribution is -0.105. The van der Waals surface area contributed by atoms with Gasteiger partial charge in [-0.25, -0.2) is 0 Å². The number of rotatable bonds is 23. The molecule has 3 N–H and O–H groups in total. The van der Waals surface area contributed by atoms with Crippen LogP contribution in [0.1, 0.15) is 162 Å². The van der Waals surface area contributed by atoms with Gasteiger partial charge in [0.25, 0.3) is 0 Å². The maximum atomic E-state index is 10.9. The smallest absolute Gasteiger partial charge is 0.158 e. The van der Waals surface area contributed by atoms with Crippen LogP contribution in [0.25, 0.3) is 36.5 Å². The fraction of sp³-hybridized carbons (Fsp3) is 0.245. The first-order valence-corrected chi connectivity index (χ1v) is 37.1. The van der Waals surface area contributed by atoms with Gasteiger partial charge in [-0.05, 0) is 158 Å². The standard InChI is InChI=1S/C17H17IO.C17H15IO.C17H16O.C17H18O.C17H16O.C9H7BrO/c2*18-13-9-4-2-1-3-6-12-17(15-19)14-16-10-7-5-8-11-16;18-17-13-9-4-2-1-3-8-12-16(17)14-15-10-6-5-7-11-15;2*1-2-3-4-5-6-8-13-17(15-18)14-16-11-9-7-10-12-16;10-9(7-11)6-8-4-2-1-3-5-8/h5,7-8,10-11,14,19H,1-4,15H2;5,7-8,10-11,14-15H,1-4H2;5-7,10-11,14,17-18H,1-4H2;1,7,9-12,14,18H,3-6,15H2;1,7,9-12,14-15H,3-6H2;1-7H/b2*17-14+;16-14+;2*17-14+;9-6-. The molecule has 0 amide bonds. The van der Waals surface area contributed by atoms with Crippen molar-refractivity contribution >= 4 is 116 Å². The summed E-state index contributed by atoms with van der Waals surface area (Å²) in [5.74, 6) is 47.3. The van der Waals surface area contributed by atoms with Crippen LogP contribution in [0.3, 0.4) is 0 Å². The third-order valence-electron chi connectivity index (χ3n) is 13.6. The number of aldehydes is 3. The van der Waals surface area contributed by atoms with Crippen LogP contribution in [0, 0.1) is 115 Å². The minimum absolute atomic E-state index is 0.0117. The second-order valence-corrected chi connectivity index (χ2v) is 24.0. The number of terminal acetylenes is 2. The minimum atomic E-state index is -0.768. The average Bonchev–Trinajstić information content (AvgIpc) is 1.42. The number of benzene rings is 6. The molecular weight excluding hydrogens is 1560 g/mol. The van der Waals surface area contributed by atoms with Crippen LogP contribution in [0.4, 0.5) is 0 Å². The summed E-state index contributed by atoms with van der Waals surface area (Å²) in [6, 6.07) is 58.8. The van der Waals surface area contributed by atoms with Gasteiger partial charge in [0.05, 0.1) is 28.8 Å². The van der Waals surface area contributed by atoms with E-state index < -0.39 is 6.10 Å². The lowest BCUT2D eigenvalue weighted by atomic mass is 10.0. The van der Waals surface area contributed by atoms with E-state index in [2.05, 4.69) is 141 Å². The summed E-state index contributed by atoms with van der Waals surface area (Å²) in [7, 11) is 0. The van der Waals surface area contributed by atoms with Crippen LogP contribution < -0.4 is 0 Å². The number of carbonyl (C=O) groups is 3. The SMILES string of the molecule is C#CCCCCC#C/C(=C\c1ccccc1)CO.C#CCCCCC#C/C(C=O)=C\c1ccccc1.O=C/C(Br)=C/c1ccccc1.O=C/C(C#CCCCCC#CI)=C/c1ccccc1.OC/C(C#CCCCCC#CI)=C/c1ccccc1.OC1C#CCCCCC#C/C1=C\c1ccccc1. The molecule has 0 spiro atoms. The number of allylic oxidation sites excluding steroid dienone is 3. The van der Waals surface area contributed by atoms with Crippen molar-refractivity contribution in [1.82, 2.24) is 0 Å². The van der Waals surface area contributed by atoms with E-state index >= 15 is 0 Å². The first kappa shape index (κ1) is 89.3. The molecule has 0 bridgehead atoms. The first-order valence-electron chi connectivity index (χ1n) is 34.1. The molecule has 1 aliphatic rings. The lowest BCUT2D eigenvalue weighted by Gasteiger charge is -2.04. The largest absolute Gasteiger partial charge is 0.391 e. The molecule has 6 aromatic carbocycles. The summed E-state index contributed by atoms with van der Waals surface area (Å²) in [6.07, 6.45) is 41.9. The summed E-state index contributed by atoms with van der Waals surface area (Å²) in [6.45, 7) is -0.0333. The highest BCUT2D eigenvalue weighted by atomic mass is 127. The van der Waals surface area contributed by atoms with E-state index in [0.717, 1.165) is 192 Å². The molecule has 0 radical (unpaired) electrons. The molecule has 6 aromatic rings. The number of aliphatic hydroxyl groups excluding tert-OH is 3. The van der Waals surface area contributed by atoms with Gasteiger partial charge in [-0.15, -0.1) is 30.6 Å². The summed E-state index contributed by atoms with van der Waals surface area (Å²) >= 11 is 7.21. The molecule has 0 aliphatic heterocycles. The van der Waals surface area contributed by atoms with Gasteiger partial charge in [0.1, 0.15) is 6.10 Å². The van der Waals surface area contributed by atoms with Gasteiger partial charge in [0.15, 0.2) is 18.9 Å². The second-order valence-electron chi connectivity index (χ2n) is 22.0. The first-order chi connectivity index (χ1) is 50.6. The molecule has 6 nitrogen and oxygen atoms in total. The Kier molecular flexibility index (Phi) is 56.8. The average molecular weight is 1650 g/mol. The summed E-state index contributed by atoms with van der Waals surface area (Å²) in [5.41, 5.74) is 9.41. The Morgan fingerprint density at radius 3 is 1.06 bits per heavy atom. The molecule has 103 heavy (non-hydrogen) atoms. The Morgan fingerprint density at radius 2 is 0.728 bits per heavy atom. The van der Waals surface area contributed by atoms with E-state index in [1.807, 2.05) is 229 Å². The Morgan fingerprint density at radius 1 is 0.417 bits per heavy atom. The zero-order valence-electron chi connectivity index (χ0n) is 58.5. The van der Waals surface area contributed by atoms with Crippen molar-refractivity contribution in [1.29, 1.82) is 0 Å². The van der Waals surface area contributed by atoms with Crippen LogP contribution >= 0.6 is 61.1 Å². The van der Waals surface area contributed by atoms with Crippen LogP contribution in [0.2, 0.25) is 0 Å². The quantitative estimate of drug-likeness (QED) is 0.0194. The van der Waals surface area contributed by atoms with E-state index in [0.29, 0.717) is 21.2 Å². The fourth-order valence-corrected chi connectivity index (χ4v) is 9.21. The van der Waals surface area contributed by atoms with Crippen molar-refractivity contribution in [2.24, 2.45) is 0 Å². The molecule has 1 aliphatic carbocycles. The molecule has 9 heteroatoms. The zero-order chi connectivity index (χ0) is 74.4. The summed E-state index contributed by atoms with van der Waals surface area (Å²) in [5, 5.41) is 28.5. The molecule has 0 saturated carbocycles.